The first kappa shape index (κ1) is 14.8. The first-order chi connectivity index (χ1) is 11.3. The van der Waals surface area contributed by atoms with Crippen molar-refractivity contribution in [3.05, 3.63) is 89.0 Å². The van der Waals surface area contributed by atoms with Crippen molar-refractivity contribution in [2.75, 3.05) is 0 Å². The van der Waals surface area contributed by atoms with Gasteiger partial charge < -0.3 is 0 Å². The van der Waals surface area contributed by atoms with Crippen LogP contribution in [0, 0.1) is 22.7 Å². The van der Waals surface area contributed by atoms with E-state index in [-0.39, 0.29) is 5.57 Å². The smallest absolute Gasteiger partial charge is 0.132 e. The van der Waals surface area contributed by atoms with Crippen LogP contribution in [0.4, 0.5) is 0 Å². The SMILES string of the molecule is N#CC(C#N)=C1C=C(c2ccccc2)CC(c2ccccc2)C1. The summed E-state index contributed by atoms with van der Waals surface area (Å²) >= 11 is 0. The summed E-state index contributed by atoms with van der Waals surface area (Å²) in [6.45, 7) is 0. The lowest BCUT2D eigenvalue weighted by atomic mass is 9.78. The maximum absolute atomic E-state index is 9.23. The third-order valence-electron chi connectivity index (χ3n) is 4.24. The number of rotatable bonds is 2. The van der Waals surface area contributed by atoms with Gasteiger partial charge in [0.15, 0.2) is 0 Å². The summed E-state index contributed by atoms with van der Waals surface area (Å²) in [6, 6.07) is 24.6. The number of hydrogen-bond donors (Lipinski definition) is 0. The van der Waals surface area contributed by atoms with E-state index in [1.54, 1.807) is 0 Å². The van der Waals surface area contributed by atoms with Crippen LogP contribution in [0.1, 0.15) is 29.9 Å². The van der Waals surface area contributed by atoms with Gasteiger partial charge in [0.2, 0.25) is 0 Å². The van der Waals surface area contributed by atoms with Crippen molar-refractivity contribution in [2.45, 2.75) is 18.8 Å². The van der Waals surface area contributed by atoms with Gasteiger partial charge in [-0.3, -0.25) is 0 Å². The molecule has 0 radical (unpaired) electrons. The summed E-state index contributed by atoms with van der Waals surface area (Å²) in [6.07, 6.45) is 3.68. The second-order valence-corrected chi connectivity index (χ2v) is 5.68. The fourth-order valence-electron chi connectivity index (χ4n) is 3.09. The van der Waals surface area contributed by atoms with Gasteiger partial charge in [-0.2, -0.15) is 10.5 Å². The van der Waals surface area contributed by atoms with Crippen LogP contribution in [-0.4, -0.2) is 0 Å². The van der Waals surface area contributed by atoms with E-state index in [4.69, 9.17) is 0 Å². The average Bonchev–Trinajstić information content (AvgIpc) is 2.64. The molecule has 1 aliphatic rings. The molecule has 0 spiro atoms. The lowest BCUT2D eigenvalue weighted by Crippen LogP contribution is -2.08. The maximum atomic E-state index is 9.23. The Labute approximate surface area is 136 Å². The molecule has 2 nitrogen and oxygen atoms in total. The van der Waals surface area contributed by atoms with Crippen LogP contribution >= 0.6 is 0 Å². The van der Waals surface area contributed by atoms with Gasteiger partial charge in [0.25, 0.3) is 0 Å². The first-order valence-corrected chi connectivity index (χ1v) is 7.66. The molecule has 0 aromatic heterocycles. The van der Waals surface area contributed by atoms with Crippen LogP contribution in [0.15, 0.2) is 77.9 Å². The van der Waals surface area contributed by atoms with Gasteiger partial charge in [-0.1, -0.05) is 66.7 Å². The zero-order valence-corrected chi connectivity index (χ0v) is 12.7. The van der Waals surface area contributed by atoms with Crippen molar-refractivity contribution in [3.8, 4) is 12.1 Å². The normalized spacial score (nSPS) is 16.9. The molecule has 23 heavy (non-hydrogen) atoms. The number of allylic oxidation sites excluding steroid dienone is 4. The largest absolute Gasteiger partial charge is 0.192 e. The molecule has 0 heterocycles. The average molecular weight is 296 g/mol. The number of benzene rings is 2. The second kappa shape index (κ2) is 6.77. The Morgan fingerprint density at radius 2 is 1.43 bits per heavy atom. The van der Waals surface area contributed by atoms with E-state index in [9.17, 15) is 10.5 Å². The molecule has 0 saturated carbocycles. The van der Waals surface area contributed by atoms with E-state index in [0.717, 1.165) is 24.0 Å². The Bertz CT molecular complexity index is 815. The van der Waals surface area contributed by atoms with Gasteiger partial charge in [0.05, 0.1) is 0 Å². The van der Waals surface area contributed by atoms with Crippen molar-refractivity contribution in [1.82, 2.24) is 0 Å². The van der Waals surface area contributed by atoms with E-state index in [0.29, 0.717) is 5.92 Å². The molecular formula is C21H16N2. The van der Waals surface area contributed by atoms with Crippen LogP contribution in [0.25, 0.3) is 5.57 Å². The van der Waals surface area contributed by atoms with Gasteiger partial charge in [0.1, 0.15) is 17.7 Å². The number of hydrogen-bond acceptors (Lipinski definition) is 2. The van der Waals surface area contributed by atoms with Gasteiger partial charge >= 0.3 is 0 Å². The molecule has 0 aliphatic heterocycles. The van der Waals surface area contributed by atoms with Crippen LogP contribution in [0.5, 0.6) is 0 Å². The molecule has 1 atom stereocenters. The standard InChI is InChI=1S/C21H16N2/c22-14-21(15-23)20-12-18(16-7-3-1-4-8-16)11-19(13-20)17-9-5-2-6-10-17/h1-10,12,19H,11,13H2. The van der Waals surface area contributed by atoms with E-state index < -0.39 is 0 Å². The molecule has 0 saturated heterocycles. The van der Waals surface area contributed by atoms with Gasteiger partial charge in [-0.15, -0.1) is 0 Å². The van der Waals surface area contributed by atoms with Crippen LogP contribution in [0.3, 0.4) is 0 Å². The second-order valence-electron chi connectivity index (χ2n) is 5.68. The van der Waals surface area contributed by atoms with Crippen molar-refractivity contribution in [3.63, 3.8) is 0 Å². The van der Waals surface area contributed by atoms with Crippen LogP contribution in [0.2, 0.25) is 0 Å². The van der Waals surface area contributed by atoms with Crippen LogP contribution in [-0.2, 0) is 0 Å². The number of nitrogens with zero attached hydrogens (tertiary/aromatic N) is 2. The molecule has 1 unspecified atom stereocenters. The number of nitriles is 2. The van der Waals surface area contributed by atoms with Crippen LogP contribution < -0.4 is 0 Å². The summed E-state index contributed by atoms with van der Waals surface area (Å²) < 4.78 is 0. The molecule has 0 N–H and O–H groups in total. The third kappa shape index (κ3) is 3.23. The molecule has 0 fully saturated rings. The van der Waals surface area contributed by atoms with Crippen molar-refractivity contribution >= 4 is 5.57 Å². The highest BCUT2D eigenvalue weighted by atomic mass is 14.3. The first-order valence-electron chi connectivity index (χ1n) is 7.66. The molecule has 0 bridgehead atoms. The Balaban J connectivity index is 2.07. The summed E-state index contributed by atoms with van der Waals surface area (Å²) in [7, 11) is 0. The fraction of sp³-hybridized carbons (Fsp3) is 0.143. The highest BCUT2D eigenvalue weighted by molar-refractivity contribution is 5.72. The van der Waals surface area contributed by atoms with Gasteiger partial charge in [-0.05, 0) is 41.0 Å². The van der Waals surface area contributed by atoms with Crippen molar-refractivity contribution in [2.24, 2.45) is 0 Å². The molecular weight excluding hydrogens is 280 g/mol. The zero-order valence-electron chi connectivity index (χ0n) is 12.7. The summed E-state index contributed by atoms with van der Waals surface area (Å²) in [5.41, 5.74) is 4.65. The lowest BCUT2D eigenvalue weighted by Gasteiger charge is -2.25. The molecule has 0 amide bonds. The molecule has 2 aromatic rings. The minimum Gasteiger partial charge on any atom is -0.192 e. The van der Waals surface area contributed by atoms with E-state index >= 15 is 0 Å². The summed E-state index contributed by atoms with van der Waals surface area (Å²) in [5, 5.41) is 18.5. The summed E-state index contributed by atoms with van der Waals surface area (Å²) in [5.74, 6) is 0.295. The van der Waals surface area contributed by atoms with E-state index in [1.807, 2.05) is 54.6 Å². The molecule has 1 aliphatic carbocycles. The molecule has 2 aromatic carbocycles. The van der Waals surface area contributed by atoms with Gasteiger partial charge in [-0.25, -0.2) is 0 Å². The quantitative estimate of drug-likeness (QED) is 0.733. The monoisotopic (exact) mass is 296 g/mol. The predicted molar refractivity (Wildman–Crippen MR) is 91.1 cm³/mol. The van der Waals surface area contributed by atoms with E-state index in [1.165, 1.54) is 11.1 Å². The van der Waals surface area contributed by atoms with Crippen molar-refractivity contribution < 1.29 is 0 Å². The third-order valence-corrected chi connectivity index (χ3v) is 4.24. The molecule has 3 rings (SSSR count). The fourth-order valence-corrected chi connectivity index (χ4v) is 3.09. The minimum atomic E-state index is 0.221. The Morgan fingerprint density at radius 3 is 2.04 bits per heavy atom. The predicted octanol–water partition coefficient (Wildman–Crippen LogP) is 4.99. The lowest BCUT2D eigenvalue weighted by molar-refractivity contribution is 0.690. The minimum absolute atomic E-state index is 0.221. The Morgan fingerprint density at radius 1 is 0.826 bits per heavy atom. The maximum Gasteiger partial charge on any atom is 0.132 e. The van der Waals surface area contributed by atoms with Gasteiger partial charge in [0, 0.05) is 0 Å². The highest BCUT2D eigenvalue weighted by Gasteiger charge is 2.23. The topological polar surface area (TPSA) is 47.6 Å². The van der Waals surface area contributed by atoms with Crippen molar-refractivity contribution in [1.29, 1.82) is 10.5 Å². The highest BCUT2D eigenvalue weighted by Crippen LogP contribution is 2.40. The molecule has 110 valence electrons. The molecule has 2 heteroatoms. The Hall–Kier alpha value is -3.10. The van der Waals surface area contributed by atoms with E-state index in [2.05, 4.69) is 24.3 Å². The zero-order chi connectivity index (χ0) is 16.1. The Kier molecular flexibility index (Phi) is 4.37. The summed E-state index contributed by atoms with van der Waals surface area (Å²) in [4.78, 5) is 0.